The van der Waals surface area contributed by atoms with Gasteiger partial charge < -0.3 is 14.4 Å². The zero-order valence-corrected chi connectivity index (χ0v) is 10.5. The molecular weight excluding hydrogens is 216 g/mol. The van der Waals surface area contributed by atoms with Gasteiger partial charge >= 0.3 is 0 Å². The Balaban J connectivity index is 2.16. The highest BCUT2D eigenvalue weighted by Crippen LogP contribution is 2.14. The largest absolute Gasteiger partial charge is 0.361 e. The van der Waals surface area contributed by atoms with Crippen LogP contribution in [0.2, 0.25) is 0 Å². The minimum absolute atomic E-state index is 0.766. The van der Waals surface area contributed by atoms with E-state index in [1.807, 2.05) is 26.2 Å². The van der Waals surface area contributed by atoms with E-state index >= 15 is 0 Å². The third-order valence-electron chi connectivity index (χ3n) is 2.84. The molecule has 2 aromatic rings. The van der Waals surface area contributed by atoms with Crippen molar-refractivity contribution >= 4 is 0 Å². The highest BCUT2D eigenvalue weighted by molar-refractivity contribution is 5.21. The fourth-order valence-electron chi connectivity index (χ4n) is 1.79. The summed E-state index contributed by atoms with van der Waals surface area (Å²) in [5.74, 6) is 1.91. The Kier molecular flexibility index (Phi) is 3.58. The Bertz CT molecular complexity index is 467. The van der Waals surface area contributed by atoms with Crippen molar-refractivity contribution in [1.82, 2.24) is 20.0 Å². The van der Waals surface area contributed by atoms with Gasteiger partial charge in [0.25, 0.3) is 0 Å². The topological polar surface area (TPSA) is 55.9 Å². The van der Waals surface area contributed by atoms with Crippen LogP contribution < -0.4 is 5.32 Å². The van der Waals surface area contributed by atoms with Gasteiger partial charge in [0.15, 0.2) is 0 Å². The standard InChI is InChI=1S/C12H18N4O/c1-4-13-7-12-14-5-6-16(12)8-11-9(2)15-17-10(11)3/h5-6,13H,4,7-8H2,1-3H3. The molecule has 5 heteroatoms. The lowest BCUT2D eigenvalue weighted by molar-refractivity contribution is 0.392. The molecule has 2 rings (SSSR count). The van der Waals surface area contributed by atoms with E-state index in [0.29, 0.717) is 0 Å². The molecule has 0 amide bonds. The molecule has 2 aromatic heterocycles. The molecule has 0 radical (unpaired) electrons. The van der Waals surface area contributed by atoms with Crippen molar-refractivity contribution in [2.24, 2.45) is 0 Å². The first-order chi connectivity index (χ1) is 8.22. The highest BCUT2D eigenvalue weighted by Gasteiger charge is 2.11. The molecule has 2 heterocycles. The van der Waals surface area contributed by atoms with E-state index in [1.54, 1.807) is 0 Å². The Morgan fingerprint density at radius 2 is 2.24 bits per heavy atom. The first kappa shape index (κ1) is 11.9. The van der Waals surface area contributed by atoms with E-state index in [1.165, 1.54) is 0 Å². The monoisotopic (exact) mass is 234 g/mol. The van der Waals surface area contributed by atoms with E-state index < -0.39 is 0 Å². The van der Waals surface area contributed by atoms with Crippen LogP contribution in [-0.2, 0) is 13.1 Å². The predicted octanol–water partition coefficient (Wildman–Crippen LogP) is 1.65. The second-order valence-corrected chi connectivity index (χ2v) is 4.05. The average Bonchev–Trinajstić information content (AvgIpc) is 2.88. The summed E-state index contributed by atoms with van der Waals surface area (Å²) in [6, 6.07) is 0. The molecule has 0 aliphatic carbocycles. The Labute approximate surface area is 101 Å². The number of nitrogens with one attached hydrogen (secondary N) is 1. The van der Waals surface area contributed by atoms with Crippen LogP contribution in [0.5, 0.6) is 0 Å². The molecule has 5 nitrogen and oxygen atoms in total. The number of aromatic nitrogens is 3. The first-order valence-corrected chi connectivity index (χ1v) is 5.84. The second-order valence-electron chi connectivity index (χ2n) is 4.05. The molecule has 0 unspecified atom stereocenters. The fourth-order valence-corrected chi connectivity index (χ4v) is 1.79. The number of hydrogen-bond donors (Lipinski definition) is 1. The van der Waals surface area contributed by atoms with Crippen molar-refractivity contribution in [3.8, 4) is 0 Å². The summed E-state index contributed by atoms with van der Waals surface area (Å²) >= 11 is 0. The number of rotatable bonds is 5. The van der Waals surface area contributed by atoms with Gasteiger partial charge in [-0.3, -0.25) is 0 Å². The molecule has 0 bridgehead atoms. The summed E-state index contributed by atoms with van der Waals surface area (Å²) in [7, 11) is 0. The SMILES string of the molecule is CCNCc1nccn1Cc1c(C)noc1C. The molecule has 0 aliphatic rings. The van der Waals surface area contributed by atoms with Crippen LogP contribution >= 0.6 is 0 Å². The summed E-state index contributed by atoms with van der Waals surface area (Å²) in [4.78, 5) is 4.34. The second kappa shape index (κ2) is 5.14. The lowest BCUT2D eigenvalue weighted by atomic mass is 10.2. The quantitative estimate of drug-likeness (QED) is 0.854. The number of hydrogen-bond acceptors (Lipinski definition) is 4. The Morgan fingerprint density at radius 1 is 1.41 bits per heavy atom. The summed E-state index contributed by atoms with van der Waals surface area (Å²) in [6.07, 6.45) is 3.81. The van der Waals surface area contributed by atoms with E-state index in [-0.39, 0.29) is 0 Å². The van der Waals surface area contributed by atoms with Crippen LogP contribution in [0, 0.1) is 13.8 Å². The smallest absolute Gasteiger partial charge is 0.138 e. The van der Waals surface area contributed by atoms with E-state index in [4.69, 9.17) is 4.52 Å². The lowest BCUT2D eigenvalue weighted by Gasteiger charge is -2.07. The van der Waals surface area contributed by atoms with Crippen LogP contribution in [0.3, 0.4) is 0 Å². The van der Waals surface area contributed by atoms with Crippen LogP contribution in [0.15, 0.2) is 16.9 Å². The molecule has 0 aromatic carbocycles. The molecule has 17 heavy (non-hydrogen) atoms. The number of nitrogens with zero attached hydrogens (tertiary/aromatic N) is 3. The van der Waals surface area contributed by atoms with Gasteiger partial charge in [-0.05, 0) is 20.4 Å². The van der Waals surface area contributed by atoms with Gasteiger partial charge in [0.2, 0.25) is 0 Å². The van der Waals surface area contributed by atoms with Crippen LogP contribution in [0.25, 0.3) is 0 Å². The summed E-state index contributed by atoms with van der Waals surface area (Å²) < 4.78 is 7.29. The molecule has 0 saturated carbocycles. The summed E-state index contributed by atoms with van der Waals surface area (Å²) in [5, 5.41) is 7.24. The maximum absolute atomic E-state index is 5.17. The molecule has 0 atom stereocenters. The number of imidazole rings is 1. The molecular formula is C12H18N4O. The van der Waals surface area contributed by atoms with Crippen molar-refractivity contribution in [1.29, 1.82) is 0 Å². The molecule has 0 spiro atoms. The first-order valence-electron chi connectivity index (χ1n) is 5.84. The van der Waals surface area contributed by atoms with E-state index in [0.717, 1.165) is 42.5 Å². The predicted molar refractivity (Wildman–Crippen MR) is 64.7 cm³/mol. The zero-order chi connectivity index (χ0) is 12.3. The number of aryl methyl sites for hydroxylation is 2. The molecule has 0 saturated heterocycles. The highest BCUT2D eigenvalue weighted by atomic mass is 16.5. The normalized spacial score (nSPS) is 11.0. The van der Waals surface area contributed by atoms with Crippen LogP contribution in [0.4, 0.5) is 0 Å². The average molecular weight is 234 g/mol. The van der Waals surface area contributed by atoms with Gasteiger partial charge in [0.05, 0.1) is 18.8 Å². The Morgan fingerprint density at radius 3 is 2.88 bits per heavy atom. The zero-order valence-electron chi connectivity index (χ0n) is 10.5. The van der Waals surface area contributed by atoms with Crippen molar-refractivity contribution in [2.75, 3.05) is 6.54 Å². The Hall–Kier alpha value is -1.62. The van der Waals surface area contributed by atoms with Crippen LogP contribution in [0.1, 0.15) is 29.8 Å². The molecule has 92 valence electrons. The maximum atomic E-state index is 5.17. The van der Waals surface area contributed by atoms with Gasteiger partial charge in [-0.1, -0.05) is 12.1 Å². The lowest BCUT2D eigenvalue weighted by Crippen LogP contribution is -2.16. The van der Waals surface area contributed by atoms with E-state index in [2.05, 4.69) is 26.9 Å². The molecule has 0 fully saturated rings. The van der Waals surface area contributed by atoms with Gasteiger partial charge in [-0.25, -0.2) is 4.98 Å². The van der Waals surface area contributed by atoms with Crippen molar-refractivity contribution in [3.63, 3.8) is 0 Å². The van der Waals surface area contributed by atoms with Crippen LogP contribution in [-0.4, -0.2) is 21.3 Å². The van der Waals surface area contributed by atoms with Crippen molar-refractivity contribution in [3.05, 3.63) is 35.2 Å². The molecule has 0 aliphatic heterocycles. The third kappa shape index (κ3) is 2.55. The third-order valence-corrected chi connectivity index (χ3v) is 2.84. The van der Waals surface area contributed by atoms with Gasteiger partial charge in [-0.2, -0.15) is 0 Å². The summed E-state index contributed by atoms with van der Waals surface area (Å²) in [6.45, 7) is 8.48. The minimum atomic E-state index is 0.766. The van der Waals surface area contributed by atoms with Crippen molar-refractivity contribution in [2.45, 2.75) is 33.9 Å². The van der Waals surface area contributed by atoms with Gasteiger partial charge in [0.1, 0.15) is 11.6 Å². The van der Waals surface area contributed by atoms with Crippen molar-refractivity contribution < 1.29 is 4.52 Å². The minimum Gasteiger partial charge on any atom is -0.361 e. The summed E-state index contributed by atoms with van der Waals surface area (Å²) in [5.41, 5.74) is 2.09. The van der Waals surface area contributed by atoms with E-state index in [9.17, 15) is 0 Å². The van der Waals surface area contributed by atoms with Gasteiger partial charge in [0, 0.05) is 18.0 Å². The van der Waals surface area contributed by atoms with Gasteiger partial charge in [-0.15, -0.1) is 0 Å². The molecule has 1 N–H and O–H groups in total. The maximum Gasteiger partial charge on any atom is 0.138 e. The fraction of sp³-hybridized carbons (Fsp3) is 0.500.